The number of rotatable bonds is 5. The SMILES string of the molecule is COC[C@H]1[C@@H](NC(=O)c2ccccc2SC)[C@@H]2CCO[C@@H]21. The van der Waals surface area contributed by atoms with E-state index in [9.17, 15) is 4.79 Å². The molecule has 4 nitrogen and oxygen atoms in total. The first-order valence-electron chi connectivity index (χ1n) is 7.30. The highest BCUT2D eigenvalue weighted by atomic mass is 32.2. The Hall–Kier alpha value is -1.04. The van der Waals surface area contributed by atoms with Gasteiger partial charge < -0.3 is 14.8 Å². The molecule has 1 aromatic rings. The van der Waals surface area contributed by atoms with Crippen LogP contribution in [0.25, 0.3) is 0 Å². The van der Waals surface area contributed by atoms with Crippen LogP contribution in [0.5, 0.6) is 0 Å². The first kappa shape index (κ1) is 14.9. The van der Waals surface area contributed by atoms with E-state index in [1.54, 1.807) is 18.9 Å². The van der Waals surface area contributed by atoms with Crippen LogP contribution >= 0.6 is 11.8 Å². The summed E-state index contributed by atoms with van der Waals surface area (Å²) in [5.41, 5.74) is 0.753. The smallest absolute Gasteiger partial charge is 0.252 e. The molecule has 5 heteroatoms. The summed E-state index contributed by atoms with van der Waals surface area (Å²) in [4.78, 5) is 13.6. The van der Waals surface area contributed by atoms with Gasteiger partial charge in [0.15, 0.2) is 0 Å². The number of ether oxygens (including phenoxy) is 2. The number of hydrogen-bond acceptors (Lipinski definition) is 4. The van der Waals surface area contributed by atoms with Crippen molar-refractivity contribution >= 4 is 17.7 Å². The number of carbonyl (C=O) groups excluding carboxylic acids is 1. The van der Waals surface area contributed by atoms with Gasteiger partial charge in [0, 0.05) is 36.5 Å². The summed E-state index contributed by atoms with van der Waals surface area (Å²) in [6.07, 6.45) is 3.27. The lowest BCUT2D eigenvalue weighted by molar-refractivity contribution is -0.0809. The second-order valence-electron chi connectivity index (χ2n) is 5.61. The zero-order chi connectivity index (χ0) is 14.8. The molecule has 1 aromatic carbocycles. The second-order valence-corrected chi connectivity index (χ2v) is 6.45. The van der Waals surface area contributed by atoms with E-state index in [2.05, 4.69) is 5.32 Å². The number of nitrogens with one attached hydrogen (secondary N) is 1. The number of amides is 1. The molecular formula is C16H21NO3S. The number of thioether (sulfide) groups is 1. The molecule has 1 aliphatic carbocycles. The molecule has 0 bridgehead atoms. The maximum atomic E-state index is 12.6. The fourth-order valence-corrected chi connectivity index (χ4v) is 4.09. The fourth-order valence-electron chi connectivity index (χ4n) is 3.50. The van der Waals surface area contributed by atoms with Crippen molar-refractivity contribution in [1.29, 1.82) is 0 Å². The average Bonchev–Trinajstić information content (AvgIpc) is 2.94. The standard InChI is InChI=1S/C16H21NO3S/c1-19-9-12-14(11-7-8-20-15(11)12)17-16(18)10-5-3-4-6-13(10)21-2/h3-6,11-12,14-15H,7-9H2,1-2H3,(H,17,18)/t11-,12-,14-,15-/m0/s1. The minimum Gasteiger partial charge on any atom is -0.384 e. The van der Waals surface area contributed by atoms with E-state index < -0.39 is 0 Å². The molecule has 21 heavy (non-hydrogen) atoms. The van der Waals surface area contributed by atoms with Crippen LogP contribution in [0.3, 0.4) is 0 Å². The molecule has 1 saturated carbocycles. The van der Waals surface area contributed by atoms with Crippen molar-refractivity contribution in [3.05, 3.63) is 29.8 Å². The lowest BCUT2D eigenvalue weighted by atomic mass is 9.67. The molecule has 1 heterocycles. The highest BCUT2D eigenvalue weighted by molar-refractivity contribution is 7.98. The van der Waals surface area contributed by atoms with Crippen LogP contribution in [-0.2, 0) is 9.47 Å². The third kappa shape index (κ3) is 2.70. The Bertz CT molecular complexity index is 522. The molecule has 1 amide bonds. The van der Waals surface area contributed by atoms with Gasteiger partial charge in [-0.25, -0.2) is 0 Å². The molecule has 0 spiro atoms. The molecule has 114 valence electrons. The third-order valence-corrected chi connectivity index (χ3v) is 5.33. The van der Waals surface area contributed by atoms with Crippen LogP contribution in [-0.4, -0.2) is 44.6 Å². The maximum absolute atomic E-state index is 12.6. The highest BCUT2D eigenvalue weighted by Gasteiger charge is 2.54. The first-order valence-corrected chi connectivity index (χ1v) is 8.53. The third-order valence-electron chi connectivity index (χ3n) is 4.54. The summed E-state index contributed by atoms with van der Waals surface area (Å²) >= 11 is 1.60. The van der Waals surface area contributed by atoms with Gasteiger partial charge in [-0.1, -0.05) is 12.1 Å². The Morgan fingerprint density at radius 1 is 1.48 bits per heavy atom. The van der Waals surface area contributed by atoms with Crippen LogP contribution in [0.15, 0.2) is 29.2 Å². The molecule has 3 rings (SSSR count). The molecular weight excluding hydrogens is 286 g/mol. The van der Waals surface area contributed by atoms with E-state index in [-0.39, 0.29) is 24.0 Å². The van der Waals surface area contributed by atoms with E-state index in [0.29, 0.717) is 12.5 Å². The Labute approximate surface area is 129 Å². The van der Waals surface area contributed by atoms with Gasteiger partial charge in [0.1, 0.15) is 0 Å². The van der Waals surface area contributed by atoms with Crippen LogP contribution < -0.4 is 5.32 Å². The van der Waals surface area contributed by atoms with Crippen molar-refractivity contribution in [3.8, 4) is 0 Å². The van der Waals surface area contributed by atoms with Crippen LogP contribution in [0.1, 0.15) is 16.8 Å². The molecule has 1 saturated heterocycles. The Kier molecular flexibility index (Phi) is 4.52. The van der Waals surface area contributed by atoms with E-state index in [1.807, 2.05) is 30.5 Å². The lowest BCUT2D eigenvalue weighted by Gasteiger charge is -2.47. The summed E-state index contributed by atoms with van der Waals surface area (Å²) in [5, 5.41) is 3.20. The molecule has 0 aromatic heterocycles. The second kappa shape index (κ2) is 6.38. The highest BCUT2D eigenvalue weighted by Crippen LogP contribution is 2.43. The van der Waals surface area contributed by atoms with Gasteiger partial charge in [-0.3, -0.25) is 4.79 Å². The van der Waals surface area contributed by atoms with Crippen molar-refractivity contribution < 1.29 is 14.3 Å². The van der Waals surface area contributed by atoms with Crippen LogP contribution in [0, 0.1) is 11.8 Å². The topological polar surface area (TPSA) is 47.6 Å². The normalized spacial score (nSPS) is 30.6. The number of carbonyl (C=O) groups is 1. The minimum absolute atomic E-state index is 0.0106. The molecule has 2 fully saturated rings. The predicted octanol–water partition coefficient (Wildman–Crippen LogP) is 2.19. The number of benzene rings is 1. The molecule has 2 aliphatic rings. The summed E-state index contributed by atoms with van der Waals surface area (Å²) in [5.74, 6) is 0.722. The largest absolute Gasteiger partial charge is 0.384 e. The number of fused-ring (bicyclic) bond motifs is 1. The monoisotopic (exact) mass is 307 g/mol. The van der Waals surface area contributed by atoms with Gasteiger partial charge in [-0.05, 0) is 24.8 Å². The zero-order valence-electron chi connectivity index (χ0n) is 12.4. The lowest BCUT2D eigenvalue weighted by Crippen LogP contribution is -2.62. The van der Waals surface area contributed by atoms with Crippen LogP contribution in [0.2, 0.25) is 0 Å². The van der Waals surface area contributed by atoms with Gasteiger partial charge in [-0.15, -0.1) is 11.8 Å². The van der Waals surface area contributed by atoms with Crippen molar-refractivity contribution in [2.45, 2.75) is 23.5 Å². The Morgan fingerprint density at radius 3 is 3.05 bits per heavy atom. The van der Waals surface area contributed by atoms with Crippen molar-refractivity contribution in [2.24, 2.45) is 11.8 Å². The van der Waals surface area contributed by atoms with Gasteiger partial charge in [-0.2, -0.15) is 0 Å². The van der Waals surface area contributed by atoms with E-state index in [4.69, 9.17) is 9.47 Å². The first-order chi connectivity index (χ1) is 10.3. The van der Waals surface area contributed by atoms with Gasteiger partial charge in [0.2, 0.25) is 0 Å². The van der Waals surface area contributed by atoms with E-state index >= 15 is 0 Å². The van der Waals surface area contributed by atoms with Gasteiger partial charge >= 0.3 is 0 Å². The molecule has 1 aliphatic heterocycles. The van der Waals surface area contributed by atoms with Crippen molar-refractivity contribution in [2.75, 3.05) is 26.6 Å². The molecule has 0 unspecified atom stereocenters. The molecule has 1 N–H and O–H groups in total. The predicted molar refractivity (Wildman–Crippen MR) is 82.7 cm³/mol. The summed E-state index contributed by atoms with van der Waals surface area (Å²) in [6.45, 7) is 1.43. The summed E-state index contributed by atoms with van der Waals surface area (Å²) < 4.78 is 11.0. The van der Waals surface area contributed by atoms with E-state index in [0.717, 1.165) is 23.5 Å². The fraction of sp³-hybridized carbons (Fsp3) is 0.562. The quantitative estimate of drug-likeness (QED) is 0.847. The average molecular weight is 307 g/mol. The zero-order valence-corrected chi connectivity index (χ0v) is 13.2. The van der Waals surface area contributed by atoms with E-state index in [1.165, 1.54) is 0 Å². The summed E-state index contributed by atoms with van der Waals surface area (Å²) in [6, 6.07) is 7.90. The van der Waals surface area contributed by atoms with Gasteiger partial charge in [0.25, 0.3) is 5.91 Å². The van der Waals surface area contributed by atoms with Crippen molar-refractivity contribution in [1.82, 2.24) is 5.32 Å². The maximum Gasteiger partial charge on any atom is 0.252 e. The number of hydrogen-bond donors (Lipinski definition) is 1. The van der Waals surface area contributed by atoms with Crippen LogP contribution in [0.4, 0.5) is 0 Å². The summed E-state index contributed by atoms with van der Waals surface area (Å²) in [7, 11) is 1.70. The number of methoxy groups -OCH3 is 1. The minimum atomic E-state index is 0.0106. The van der Waals surface area contributed by atoms with Gasteiger partial charge in [0.05, 0.1) is 18.3 Å². The molecule has 4 atom stereocenters. The Balaban J connectivity index is 1.72. The Morgan fingerprint density at radius 2 is 2.29 bits per heavy atom. The van der Waals surface area contributed by atoms with Crippen molar-refractivity contribution in [3.63, 3.8) is 0 Å². The molecule has 0 radical (unpaired) electrons.